The molecule has 3 rings (SSSR count). The summed E-state index contributed by atoms with van der Waals surface area (Å²) in [6, 6.07) is 7.19. The van der Waals surface area contributed by atoms with Crippen molar-refractivity contribution in [2.45, 2.75) is 40.0 Å². The molecule has 1 unspecified atom stereocenters. The Hall–Kier alpha value is -1.66. The number of anilines is 1. The van der Waals surface area contributed by atoms with Gasteiger partial charge in [-0.1, -0.05) is 42.8 Å². The Balaban J connectivity index is 1.94. The van der Waals surface area contributed by atoms with E-state index < -0.39 is 0 Å². The summed E-state index contributed by atoms with van der Waals surface area (Å²) in [5, 5.41) is 3.53. The van der Waals surface area contributed by atoms with E-state index in [-0.39, 0.29) is 17.3 Å². The Morgan fingerprint density at radius 1 is 1.30 bits per heavy atom. The fourth-order valence-electron chi connectivity index (χ4n) is 3.54. The van der Waals surface area contributed by atoms with Crippen LogP contribution >= 0.6 is 27.3 Å². The normalized spacial score (nSPS) is 16.6. The summed E-state index contributed by atoms with van der Waals surface area (Å²) in [6.07, 6.45) is 2.81. The van der Waals surface area contributed by atoms with Crippen molar-refractivity contribution in [2.75, 3.05) is 12.4 Å². The first-order chi connectivity index (χ1) is 12.7. The van der Waals surface area contributed by atoms with Gasteiger partial charge < -0.3 is 10.1 Å². The summed E-state index contributed by atoms with van der Waals surface area (Å²) in [4.78, 5) is 26.3. The van der Waals surface area contributed by atoms with Gasteiger partial charge in [0.05, 0.1) is 12.7 Å². The molecule has 1 aromatic heterocycles. The number of ether oxygens (including phenoxy) is 1. The van der Waals surface area contributed by atoms with E-state index in [1.54, 1.807) is 12.1 Å². The molecule has 1 atom stereocenters. The van der Waals surface area contributed by atoms with E-state index in [2.05, 4.69) is 42.0 Å². The molecule has 27 heavy (non-hydrogen) atoms. The number of amides is 1. The molecule has 1 N–H and O–H groups in total. The lowest BCUT2D eigenvalue weighted by atomic mass is 9.72. The summed E-state index contributed by atoms with van der Waals surface area (Å²) in [7, 11) is 1.38. The van der Waals surface area contributed by atoms with Crippen LogP contribution in [0.4, 0.5) is 5.00 Å². The molecule has 0 fully saturated rings. The maximum Gasteiger partial charge on any atom is 0.341 e. The van der Waals surface area contributed by atoms with Crippen LogP contribution in [-0.2, 0) is 17.6 Å². The highest BCUT2D eigenvalue weighted by Crippen LogP contribution is 2.44. The molecule has 1 aromatic carbocycles. The van der Waals surface area contributed by atoms with E-state index >= 15 is 0 Å². The van der Waals surface area contributed by atoms with Crippen LogP contribution in [0.15, 0.2) is 28.7 Å². The Morgan fingerprint density at radius 2 is 2.04 bits per heavy atom. The summed E-state index contributed by atoms with van der Waals surface area (Å²) in [6.45, 7) is 6.77. The van der Waals surface area contributed by atoms with E-state index in [0.29, 0.717) is 22.0 Å². The van der Waals surface area contributed by atoms with E-state index in [1.807, 2.05) is 12.1 Å². The average molecular weight is 450 g/mol. The van der Waals surface area contributed by atoms with Gasteiger partial charge in [0.15, 0.2) is 0 Å². The highest BCUT2D eigenvalue weighted by molar-refractivity contribution is 9.10. The lowest BCUT2D eigenvalue weighted by Crippen LogP contribution is -2.26. The topological polar surface area (TPSA) is 55.4 Å². The van der Waals surface area contributed by atoms with Crippen LogP contribution in [0.2, 0.25) is 0 Å². The number of methoxy groups -OCH3 is 1. The second-order valence-electron chi connectivity index (χ2n) is 7.97. The second-order valence-corrected chi connectivity index (χ2v) is 9.99. The van der Waals surface area contributed by atoms with Gasteiger partial charge in [-0.05, 0) is 54.4 Å². The molecule has 0 radical (unpaired) electrons. The molecular formula is C21H24BrNO3S. The van der Waals surface area contributed by atoms with Crippen molar-refractivity contribution in [3.8, 4) is 0 Å². The maximum atomic E-state index is 12.7. The number of thiophene rings is 1. The second kappa shape index (κ2) is 7.76. The molecule has 2 aromatic rings. The predicted molar refractivity (Wildman–Crippen MR) is 113 cm³/mol. The van der Waals surface area contributed by atoms with Gasteiger partial charge in [0, 0.05) is 14.9 Å². The molecule has 0 saturated heterocycles. The highest BCUT2D eigenvalue weighted by atomic mass is 79.9. The third-order valence-corrected chi connectivity index (χ3v) is 6.86. The Bertz CT molecular complexity index is 882. The van der Waals surface area contributed by atoms with Crippen molar-refractivity contribution >= 4 is 44.1 Å². The molecule has 6 heteroatoms. The van der Waals surface area contributed by atoms with Crippen LogP contribution in [0, 0.1) is 11.3 Å². The Kier molecular flexibility index (Phi) is 5.77. The van der Waals surface area contributed by atoms with Crippen LogP contribution in [0.25, 0.3) is 0 Å². The number of nitrogens with one attached hydrogen (secondary N) is 1. The quantitative estimate of drug-likeness (QED) is 0.611. The van der Waals surface area contributed by atoms with Crippen LogP contribution < -0.4 is 5.32 Å². The van der Waals surface area contributed by atoms with Crippen LogP contribution in [0.3, 0.4) is 0 Å². The van der Waals surface area contributed by atoms with Crippen molar-refractivity contribution in [3.05, 3.63) is 50.3 Å². The lowest BCUT2D eigenvalue weighted by molar-refractivity contribution is 0.0600. The van der Waals surface area contributed by atoms with E-state index in [4.69, 9.17) is 4.74 Å². The minimum atomic E-state index is -0.383. The number of halogens is 1. The molecule has 1 heterocycles. The average Bonchev–Trinajstić information content (AvgIpc) is 2.97. The summed E-state index contributed by atoms with van der Waals surface area (Å²) >= 11 is 4.89. The molecule has 144 valence electrons. The van der Waals surface area contributed by atoms with Gasteiger partial charge in [0.25, 0.3) is 5.91 Å². The first-order valence-electron chi connectivity index (χ1n) is 9.00. The van der Waals surface area contributed by atoms with Crippen LogP contribution in [0.5, 0.6) is 0 Å². The smallest absolute Gasteiger partial charge is 0.341 e. The van der Waals surface area contributed by atoms with E-state index in [9.17, 15) is 9.59 Å². The first-order valence-corrected chi connectivity index (χ1v) is 10.6. The standard InChI is InChI=1S/C21H24BrNO3S/c1-21(2,3)13-8-9-15-16(11-13)27-19(17(15)20(25)26-4)23-18(24)12-6-5-7-14(22)10-12/h5-7,10,13H,8-9,11H2,1-4H3,(H,23,24). The lowest BCUT2D eigenvalue weighted by Gasteiger charge is -2.33. The summed E-state index contributed by atoms with van der Waals surface area (Å²) in [5.41, 5.74) is 2.32. The van der Waals surface area contributed by atoms with E-state index in [0.717, 1.165) is 29.3 Å². The fourth-order valence-corrected chi connectivity index (χ4v) is 5.25. The van der Waals surface area contributed by atoms with Crippen molar-refractivity contribution in [2.24, 2.45) is 11.3 Å². The number of carbonyl (C=O) groups excluding carboxylic acids is 2. The number of hydrogen-bond donors (Lipinski definition) is 1. The molecular weight excluding hydrogens is 426 g/mol. The van der Waals surface area contributed by atoms with Gasteiger partial charge in [-0.3, -0.25) is 4.79 Å². The zero-order valence-electron chi connectivity index (χ0n) is 16.0. The number of carbonyl (C=O) groups is 2. The minimum Gasteiger partial charge on any atom is -0.465 e. The monoisotopic (exact) mass is 449 g/mol. The van der Waals surface area contributed by atoms with E-state index in [1.165, 1.54) is 23.3 Å². The predicted octanol–water partition coefficient (Wildman–Crippen LogP) is 5.70. The van der Waals surface area contributed by atoms with Gasteiger partial charge in [-0.2, -0.15) is 0 Å². The van der Waals surface area contributed by atoms with Crippen molar-refractivity contribution in [1.82, 2.24) is 0 Å². The maximum absolute atomic E-state index is 12.7. The van der Waals surface area contributed by atoms with Gasteiger partial charge in [0.1, 0.15) is 5.00 Å². The number of fused-ring (bicyclic) bond motifs is 1. The number of rotatable bonds is 3. The third kappa shape index (κ3) is 4.27. The number of hydrogen-bond acceptors (Lipinski definition) is 4. The van der Waals surface area contributed by atoms with Crippen LogP contribution in [-0.4, -0.2) is 19.0 Å². The molecule has 1 aliphatic rings. The van der Waals surface area contributed by atoms with Gasteiger partial charge in [-0.15, -0.1) is 11.3 Å². The molecule has 0 saturated carbocycles. The molecule has 0 spiro atoms. The molecule has 1 aliphatic carbocycles. The van der Waals surface area contributed by atoms with Gasteiger partial charge in [0.2, 0.25) is 0 Å². The van der Waals surface area contributed by atoms with Crippen molar-refractivity contribution < 1.29 is 14.3 Å². The Labute approximate surface area is 172 Å². The van der Waals surface area contributed by atoms with Gasteiger partial charge >= 0.3 is 5.97 Å². The highest BCUT2D eigenvalue weighted by Gasteiger charge is 2.34. The van der Waals surface area contributed by atoms with Crippen molar-refractivity contribution in [1.29, 1.82) is 0 Å². The van der Waals surface area contributed by atoms with Gasteiger partial charge in [-0.25, -0.2) is 4.79 Å². The fraction of sp³-hybridized carbons (Fsp3) is 0.429. The number of benzene rings is 1. The summed E-state index contributed by atoms with van der Waals surface area (Å²) in [5.74, 6) is -0.0542. The van der Waals surface area contributed by atoms with Crippen LogP contribution in [0.1, 0.15) is 58.3 Å². The van der Waals surface area contributed by atoms with Crippen molar-refractivity contribution in [3.63, 3.8) is 0 Å². The zero-order chi connectivity index (χ0) is 19.8. The molecule has 1 amide bonds. The zero-order valence-corrected chi connectivity index (χ0v) is 18.4. The summed E-state index contributed by atoms with van der Waals surface area (Å²) < 4.78 is 5.85. The minimum absolute atomic E-state index is 0.215. The number of esters is 1. The third-order valence-electron chi connectivity index (χ3n) is 5.19. The molecule has 4 nitrogen and oxygen atoms in total. The SMILES string of the molecule is COC(=O)c1c(NC(=O)c2cccc(Br)c2)sc2c1CCC(C(C)(C)C)C2. The Morgan fingerprint density at radius 3 is 2.67 bits per heavy atom. The molecule has 0 aliphatic heterocycles. The largest absolute Gasteiger partial charge is 0.465 e. The molecule has 0 bridgehead atoms. The first kappa shape index (κ1) is 20.1.